The Morgan fingerprint density at radius 3 is 2.10 bits per heavy atom. The van der Waals surface area contributed by atoms with Gasteiger partial charge in [-0.2, -0.15) is 5.26 Å². The number of nitriles is 1. The Morgan fingerprint density at radius 1 is 1.10 bits per heavy atom. The number of benzene rings is 1. The number of hydrogen-bond acceptors (Lipinski definition) is 5. The molecule has 0 unspecified atom stereocenters. The smallest absolute Gasteiger partial charge is 0.164 e. The summed E-state index contributed by atoms with van der Waals surface area (Å²) in [7, 11) is 4.64. The highest BCUT2D eigenvalue weighted by Crippen LogP contribution is 2.37. The van der Waals surface area contributed by atoms with Gasteiger partial charge in [0.1, 0.15) is 5.75 Å². The Balaban J connectivity index is 3.47. The molecule has 1 aromatic rings. The summed E-state index contributed by atoms with van der Waals surface area (Å²) in [5, 5.41) is 9.20. The first-order valence-electron chi connectivity index (χ1n) is 6.31. The van der Waals surface area contributed by atoms with Crippen molar-refractivity contribution in [2.45, 2.75) is 19.8 Å². The van der Waals surface area contributed by atoms with Crippen LogP contribution in [0.25, 0.3) is 5.70 Å². The molecular formula is C15H20N2O3. The first-order valence-corrected chi connectivity index (χ1v) is 6.31. The molecule has 2 N–H and O–H groups in total. The molecule has 0 fully saturated rings. The summed E-state index contributed by atoms with van der Waals surface area (Å²) in [6, 6.07) is 5.56. The Kier molecular flexibility index (Phi) is 5.73. The van der Waals surface area contributed by atoms with Crippen molar-refractivity contribution >= 4 is 5.70 Å². The number of ether oxygens (including phenoxy) is 3. The van der Waals surface area contributed by atoms with Crippen molar-refractivity contribution in [2.75, 3.05) is 21.3 Å². The highest BCUT2D eigenvalue weighted by atomic mass is 16.5. The zero-order chi connectivity index (χ0) is 15.1. The zero-order valence-corrected chi connectivity index (χ0v) is 12.3. The summed E-state index contributed by atoms with van der Waals surface area (Å²) in [4.78, 5) is 0. The molecule has 0 bridgehead atoms. The summed E-state index contributed by atoms with van der Waals surface area (Å²) in [5.41, 5.74) is 7.69. The molecule has 0 aliphatic heterocycles. The average molecular weight is 276 g/mol. The zero-order valence-electron chi connectivity index (χ0n) is 12.3. The maximum Gasteiger partial charge on any atom is 0.164 e. The number of rotatable bonds is 6. The Hall–Kier alpha value is -2.35. The molecule has 20 heavy (non-hydrogen) atoms. The monoisotopic (exact) mass is 276 g/mol. The fraction of sp³-hybridized carbons (Fsp3) is 0.400. The molecule has 5 nitrogen and oxygen atoms in total. The van der Waals surface area contributed by atoms with Gasteiger partial charge in [0, 0.05) is 11.6 Å². The molecule has 0 aliphatic carbocycles. The molecule has 1 rings (SSSR count). The maximum absolute atomic E-state index is 9.20. The van der Waals surface area contributed by atoms with E-state index in [2.05, 4.69) is 6.07 Å². The largest absolute Gasteiger partial charge is 0.496 e. The summed E-state index contributed by atoms with van der Waals surface area (Å²) >= 11 is 0. The van der Waals surface area contributed by atoms with Crippen LogP contribution in [0.5, 0.6) is 17.2 Å². The van der Waals surface area contributed by atoms with Crippen LogP contribution >= 0.6 is 0 Å². The highest BCUT2D eigenvalue weighted by molar-refractivity contribution is 5.75. The van der Waals surface area contributed by atoms with E-state index in [4.69, 9.17) is 19.9 Å². The molecule has 0 heterocycles. The van der Waals surface area contributed by atoms with Crippen molar-refractivity contribution in [3.63, 3.8) is 0 Å². The summed E-state index contributed by atoms with van der Waals surface area (Å²) in [6.07, 6.45) is 1.47. The predicted octanol–water partition coefficient (Wildman–Crippen LogP) is 2.71. The van der Waals surface area contributed by atoms with Crippen molar-refractivity contribution in [1.82, 2.24) is 0 Å². The molecule has 0 radical (unpaired) electrons. The molecule has 0 aliphatic rings. The minimum Gasteiger partial charge on any atom is -0.496 e. The molecule has 0 atom stereocenters. The second kappa shape index (κ2) is 7.29. The van der Waals surface area contributed by atoms with E-state index in [9.17, 15) is 5.26 Å². The van der Waals surface area contributed by atoms with Crippen LogP contribution in [0.1, 0.15) is 25.3 Å². The van der Waals surface area contributed by atoms with Gasteiger partial charge in [-0.15, -0.1) is 0 Å². The summed E-state index contributed by atoms with van der Waals surface area (Å²) in [5.74, 6) is 1.64. The Bertz CT molecular complexity index is 545. The number of nitrogens with zero attached hydrogens (tertiary/aromatic N) is 1. The normalized spacial score (nSPS) is 11.3. The number of methoxy groups -OCH3 is 3. The molecule has 0 spiro atoms. The van der Waals surface area contributed by atoms with E-state index in [1.807, 2.05) is 6.92 Å². The van der Waals surface area contributed by atoms with Gasteiger partial charge in [0.25, 0.3) is 0 Å². The van der Waals surface area contributed by atoms with E-state index < -0.39 is 0 Å². The lowest BCUT2D eigenvalue weighted by Crippen LogP contribution is -2.04. The molecule has 0 saturated heterocycles. The third-order valence-electron chi connectivity index (χ3n) is 2.96. The van der Waals surface area contributed by atoms with Crippen LogP contribution in [0.2, 0.25) is 0 Å². The topological polar surface area (TPSA) is 77.5 Å². The molecular weight excluding hydrogens is 256 g/mol. The van der Waals surface area contributed by atoms with Crippen molar-refractivity contribution in [2.24, 2.45) is 5.73 Å². The molecule has 5 heteroatoms. The van der Waals surface area contributed by atoms with Gasteiger partial charge in [0.05, 0.1) is 38.7 Å². The lowest BCUT2D eigenvalue weighted by molar-refractivity contribution is 0.348. The van der Waals surface area contributed by atoms with Crippen LogP contribution < -0.4 is 19.9 Å². The van der Waals surface area contributed by atoms with Gasteiger partial charge in [-0.3, -0.25) is 0 Å². The second-order valence-corrected chi connectivity index (χ2v) is 4.16. The standard InChI is InChI=1S/C15H20N2O3/c1-5-6-10(9-16)15(17)11-7-13(19-3)14(20-4)8-12(11)18-2/h7-8H,5-6,17H2,1-4H3/b15-10-. The molecule has 108 valence electrons. The van der Waals surface area contributed by atoms with Gasteiger partial charge in [-0.05, 0) is 12.5 Å². The lowest BCUT2D eigenvalue weighted by Gasteiger charge is -2.15. The Labute approximate surface area is 119 Å². The number of allylic oxidation sites excluding steroid dienone is 1. The SMILES string of the molecule is CCC/C(C#N)=C(/N)c1cc(OC)c(OC)cc1OC. The molecule has 0 amide bonds. The van der Waals surface area contributed by atoms with Crippen LogP contribution in [0.15, 0.2) is 17.7 Å². The van der Waals surface area contributed by atoms with Gasteiger partial charge >= 0.3 is 0 Å². The van der Waals surface area contributed by atoms with E-state index in [0.717, 1.165) is 6.42 Å². The predicted molar refractivity (Wildman–Crippen MR) is 77.7 cm³/mol. The van der Waals surface area contributed by atoms with Gasteiger partial charge in [-0.25, -0.2) is 0 Å². The van der Waals surface area contributed by atoms with Gasteiger partial charge in [-0.1, -0.05) is 13.3 Å². The number of hydrogen-bond donors (Lipinski definition) is 1. The van der Waals surface area contributed by atoms with Crippen molar-refractivity contribution < 1.29 is 14.2 Å². The third kappa shape index (κ3) is 3.15. The number of nitrogens with two attached hydrogens (primary N) is 1. The third-order valence-corrected chi connectivity index (χ3v) is 2.96. The fourth-order valence-corrected chi connectivity index (χ4v) is 1.90. The Morgan fingerprint density at radius 2 is 1.65 bits per heavy atom. The van der Waals surface area contributed by atoms with Crippen LogP contribution in [0, 0.1) is 11.3 Å². The van der Waals surface area contributed by atoms with Crippen LogP contribution in [0.4, 0.5) is 0 Å². The minimum atomic E-state index is 0.409. The molecule has 0 aromatic heterocycles. The van der Waals surface area contributed by atoms with E-state index in [-0.39, 0.29) is 0 Å². The molecule has 1 aromatic carbocycles. The van der Waals surface area contributed by atoms with E-state index in [1.54, 1.807) is 33.5 Å². The van der Waals surface area contributed by atoms with Crippen LogP contribution in [-0.4, -0.2) is 21.3 Å². The minimum absolute atomic E-state index is 0.409. The quantitative estimate of drug-likeness (QED) is 0.808. The lowest BCUT2D eigenvalue weighted by atomic mass is 10.0. The maximum atomic E-state index is 9.20. The summed E-state index contributed by atoms with van der Waals surface area (Å²) in [6.45, 7) is 2.00. The van der Waals surface area contributed by atoms with E-state index in [1.165, 1.54) is 0 Å². The van der Waals surface area contributed by atoms with Gasteiger partial charge in [0.15, 0.2) is 11.5 Å². The molecule has 0 saturated carbocycles. The van der Waals surface area contributed by atoms with Crippen molar-refractivity contribution in [1.29, 1.82) is 5.26 Å². The first kappa shape index (κ1) is 15.7. The van der Waals surface area contributed by atoms with Gasteiger partial charge in [0.2, 0.25) is 0 Å². The van der Waals surface area contributed by atoms with E-state index in [0.29, 0.717) is 40.5 Å². The fourth-order valence-electron chi connectivity index (χ4n) is 1.90. The highest BCUT2D eigenvalue weighted by Gasteiger charge is 2.16. The van der Waals surface area contributed by atoms with Crippen molar-refractivity contribution in [3.8, 4) is 23.3 Å². The van der Waals surface area contributed by atoms with Crippen molar-refractivity contribution in [3.05, 3.63) is 23.3 Å². The summed E-state index contributed by atoms with van der Waals surface area (Å²) < 4.78 is 15.8. The second-order valence-electron chi connectivity index (χ2n) is 4.16. The average Bonchev–Trinajstić information content (AvgIpc) is 2.50. The first-order chi connectivity index (χ1) is 9.62. The van der Waals surface area contributed by atoms with Crippen LogP contribution in [-0.2, 0) is 0 Å². The van der Waals surface area contributed by atoms with Crippen LogP contribution in [0.3, 0.4) is 0 Å². The van der Waals surface area contributed by atoms with E-state index >= 15 is 0 Å². The van der Waals surface area contributed by atoms with Gasteiger partial charge < -0.3 is 19.9 Å².